The van der Waals surface area contributed by atoms with Gasteiger partial charge in [-0.3, -0.25) is 4.98 Å². The summed E-state index contributed by atoms with van der Waals surface area (Å²) in [6.45, 7) is 1.69. The smallest absolute Gasteiger partial charge is 0.146 e. The molecule has 88 valence electrons. The van der Waals surface area contributed by atoms with Gasteiger partial charge < -0.3 is 4.74 Å². The quantitative estimate of drug-likeness (QED) is 0.768. The predicted octanol–water partition coefficient (Wildman–Crippen LogP) is 4.06. The average Bonchev–Trinajstić information content (AvgIpc) is 2.34. The highest BCUT2D eigenvalue weighted by Gasteiger charge is 2.02. The molecule has 0 radical (unpaired) electrons. The highest BCUT2D eigenvalue weighted by molar-refractivity contribution is 6.17. The lowest BCUT2D eigenvalue weighted by atomic mass is 10.2. The largest absolute Gasteiger partial charge is 0.456 e. The molecule has 0 atom stereocenters. The molecule has 4 heteroatoms. The summed E-state index contributed by atoms with van der Waals surface area (Å²) in [6, 6.07) is 6.40. The maximum atomic E-state index is 13.1. The summed E-state index contributed by atoms with van der Waals surface area (Å²) in [5.41, 5.74) is 1.42. The third kappa shape index (κ3) is 2.94. The van der Waals surface area contributed by atoms with Crippen LogP contribution in [0.15, 0.2) is 36.7 Å². The Morgan fingerprint density at radius 2 is 2.06 bits per heavy atom. The van der Waals surface area contributed by atoms with Crippen molar-refractivity contribution in [2.24, 2.45) is 0 Å². The molecule has 0 amide bonds. The van der Waals surface area contributed by atoms with Crippen LogP contribution in [0.1, 0.15) is 11.1 Å². The van der Waals surface area contributed by atoms with E-state index >= 15 is 0 Å². The molecule has 0 aliphatic heterocycles. The molecule has 0 fully saturated rings. The Morgan fingerprint density at radius 3 is 2.76 bits per heavy atom. The van der Waals surface area contributed by atoms with Gasteiger partial charge in [-0.25, -0.2) is 4.39 Å². The van der Waals surface area contributed by atoms with Crippen molar-refractivity contribution in [3.05, 3.63) is 53.6 Å². The van der Waals surface area contributed by atoms with Crippen LogP contribution in [0.4, 0.5) is 4.39 Å². The van der Waals surface area contributed by atoms with Gasteiger partial charge >= 0.3 is 0 Å². The molecule has 2 rings (SSSR count). The minimum Gasteiger partial charge on any atom is -0.456 e. The van der Waals surface area contributed by atoms with Crippen LogP contribution < -0.4 is 4.74 Å². The van der Waals surface area contributed by atoms with Crippen LogP contribution in [0.2, 0.25) is 0 Å². The lowest BCUT2D eigenvalue weighted by Crippen LogP contribution is -1.89. The second-order valence-corrected chi connectivity index (χ2v) is 3.94. The number of pyridine rings is 1. The fourth-order valence-corrected chi connectivity index (χ4v) is 1.56. The number of benzene rings is 1. The van der Waals surface area contributed by atoms with Crippen molar-refractivity contribution in [1.82, 2.24) is 4.98 Å². The first-order chi connectivity index (χ1) is 8.19. The Labute approximate surface area is 104 Å². The van der Waals surface area contributed by atoms with Gasteiger partial charge in [-0.2, -0.15) is 0 Å². The summed E-state index contributed by atoms with van der Waals surface area (Å²) in [4.78, 5) is 4.01. The zero-order valence-corrected chi connectivity index (χ0v) is 10.0. The third-order valence-electron chi connectivity index (χ3n) is 2.29. The minimum absolute atomic E-state index is 0.245. The summed E-state index contributed by atoms with van der Waals surface area (Å²) < 4.78 is 18.6. The van der Waals surface area contributed by atoms with E-state index in [2.05, 4.69) is 4.98 Å². The predicted molar refractivity (Wildman–Crippen MR) is 65.0 cm³/mol. The van der Waals surface area contributed by atoms with Crippen LogP contribution in [0.5, 0.6) is 11.5 Å². The maximum absolute atomic E-state index is 13.1. The normalized spacial score (nSPS) is 10.3. The number of ether oxygens (including phenoxy) is 1. The van der Waals surface area contributed by atoms with E-state index < -0.39 is 0 Å². The standard InChI is InChI=1S/C13H11ClFNO/c1-9-4-11(2-3-13(9)15)17-12-5-10(6-14)7-16-8-12/h2-5,7-8H,6H2,1H3. The molecule has 1 heterocycles. The van der Waals surface area contributed by atoms with Crippen molar-refractivity contribution in [3.8, 4) is 11.5 Å². The van der Waals surface area contributed by atoms with Crippen LogP contribution in [0.25, 0.3) is 0 Å². The summed E-state index contributed by atoms with van der Waals surface area (Å²) in [5.74, 6) is 1.31. The highest BCUT2D eigenvalue weighted by atomic mass is 35.5. The number of nitrogens with zero attached hydrogens (tertiary/aromatic N) is 1. The molecule has 0 aliphatic rings. The number of rotatable bonds is 3. The van der Waals surface area contributed by atoms with Crippen LogP contribution in [-0.2, 0) is 5.88 Å². The summed E-state index contributed by atoms with van der Waals surface area (Å²) in [6.07, 6.45) is 3.27. The molecule has 0 saturated heterocycles. The van der Waals surface area contributed by atoms with Gasteiger partial charge in [0, 0.05) is 12.1 Å². The molecule has 0 N–H and O–H groups in total. The Balaban J connectivity index is 2.22. The number of aromatic nitrogens is 1. The molecular weight excluding hydrogens is 241 g/mol. The SMILES string of the molecule is Cc1cc(Oc2cncc(CCl)c2)ccc1F. The van der Waals surface area contributed by atoms with E-state index in [0.29, 0.717) is 22.9 Å². The first-order valence-corrected chi connectivity index (χ1v) is 5.66. The van der Waals surface area contributed by atoms with Gasteiger partial charge in [0.15, 0.2) is 0 Å². The molecule has 0 saturated carbocycles. The van der Waals surface area contributed by atoms with E-state index in [-0.39, 0.29) is 5.82 Å². The minimum atomic E-state index is -0.245. The van der Waals surface area contributed by atoms with Crippen molar-refractivity contribution in [2.45, 2.75) is 12.8 Å². The van der Waals surface area contributed by atoms with Gasteiger partial charge in [0.25, 0.3) is 0 Å². The van der Waals surface area contributed by atoms with Crippen molar-refractivity contribution >= 4 is 11.6 Å². The van der Waals surface area contributed by atoms with Gasteiger partial charge in [0.2, 0.25) is 0 Å². The van der Waals surface area contributed by atoms with Gasteiger partial charge in [0.05, 0.1) is 6.20 Å². The van der Waals surface area contributed by atoms with E-state index in [1.54, 1.807) is 37.5 Å². The topological polar surface area (TPSA) is 22.1 Å². The number of aryl methyl sites for hydroxylation is 1. The molecule has 0 aliphatic carbocycles. The number of hydrogen-bond donors (Lipinski definition) is 0. The van der Waals surface area contributed by atoms with E-state index in [0.717, 1.165) is 5.56 Å². The molecule has 1 aromatic carbocycles. The first kappa shape index (κ1) is 11.9. The fraction of sp³-hybridized carbons (Fsp3) is 0.154. The van der Waals surface area contributed by atoms with Crippen molar-refractivity contribution in [1.29, 1.82) is 0 Å². The number of halogens is 2. The average molecular weight is 252 g/mol. The van der Waals surface area contributed by atoms with Gasteiger partial charge in [-0.1, -0.05) is 0 Å². The van der Waals surface area contributed by atoms with Gasteiger partial charge in [-0.05, 0) is 42.3 Å². The van der Waals surface area contributed by atoms with Crippen molar-refractivity contribution < 1.29 is 9.13 Å². The van der Waals surface area contributed by atoms with E-state index in [1.807, 2.05) is 0 Å². The summed E-state index contributed by atoms with van der Waals surface area (Å²) >= 11 is 5.70. The number of hydrogen-bond acceptors (Lipinski definition) is 2. The summed E-state index contributed by atoms with van der Waals surface area (Å²) in [5, 5.41) is 0. The summed E-state index contributed by atoms with van der Waals surface area (Å²) in [7, 11) is 0. The second-order valence-electron chi connectivity index (χ2n) is 3.68. The fourth-order valence-electron chi connectivity index (χ4n) is 1.41. The van der Waals surface area contributed by atoms with Crippen LogP contribution in [0.3, 0.4) is 0 Å². The molecule has 1 aromatic heterocycles. The molecule has 17 heavy (non-hydrogen) atoms. The van der Waals surface area contributed by atoms with Crippen molar-refractivity contribution in [2.75, 3.05) is 0 Å². The molecule has 0 spiro atoms. The lowest BCUT2D eigenvalue weighted by Gasteiger charge is -2.07. The molecule has 2 aromatic rings. The first-order valence-electron chi connectivity index (χ1n) is 5.13. The van der Waals surface area contributed by atoms with Crippen molar-refractivity contribution in [3.63, 3.8) is 0 Å². The molecule has 0 bridgehead atoms. The van der Waals surface area contributed by atoms with Crippen LogP contribution in [0, 0.1) is 12.7 Å². The highest BCUT2D eigenvalue weighted by Crippen LogP contribution is 2.23. The zero-order valence-electron chi connectivity index (χ0n) is 9.28. The maximum Gasteiger partial charge on any atom is 0.146 e. The van der Waals surface area contributed by atoms with Crippen LogP contribution in [-0.4, -0.2) is 4.98 Å². The van der Waals surface area contributed by atoms with E-state index in [4.69, 9.17) is 16.3 Å². The second kappa shape index (κ2) is 5.15. The lowest BCUT2D eigenvalue weighted by molar-refractivity contribution is 0.477. The Kier molecular flexibility index (Phi) is 3.59. The Bertz CT molecular complexity index is 531. The number of alkyl halides is 1. The molecule has 0 unspecified atom stereocenters. The van der Waals surface area contributed by atoms with Gasteiger partial charge in [0.1, 0.15) is 17.3 Å². The Hall–Kier alpha value is -1.61. The molecule has 2 nitrogen and oxygen atoms in total. The monoisotopic (exact) mass is 251 g/mol. The van der Waals surface area contributed by atoms with Crippen LogP contribution >= 0.6 is 11.6 Å². The Morgan fingerprint density at radius 1 is 1.24 bits per heavy atom. The van der Waals surface area contributed by atoms with E-state index in [9.17, 15) is 4.39 Å². The van der Waals surface area contributed by atoms with E-state index in [1.165, 1.54) is 6.07 Å². The third-order valence-corrected chi connectivity index (χ3v) is 2.60. The van der Waals surface area contributed by atoms with Gasteiger partial charge in [-0.15, -0.1) is 11.6 Å². The molecular formula is C13H11ClFNO. The zero-order chi connectivity index (χ0) is 12.3.